The highest BCUT2D eigenvalue weighted by atomic mass is 32.3. The Balaban J connectivity index is 0.000000385. The molecule has 9 nitrogen and oxygen atoms in total. The molecule has 86 valence electrons. The normalized spacial score (nSPS) is 9.56. The van der Waals surface area contributed by atoms with Crippen LogP contribution >= 0.6 is 0 Å². The fourth-order valence-electron chi connectivity index (χ4n) is 0.641. The highest BCUT2D eigenvalue weighted by molar-refractivity contribution is 7.79. The summed E-state index contributed by atoms with van der Waals surface area (Å²) in [6.45, 7) is 0. The van der Waals surface area contributed by atoms with Gasteiger partial charge < -0.3 is 0 Å². The average Bonchev–Trinajstić information content (AvgIpc) is 2.15. The standard InChI is InChI=1S/C6H4N3O2.H2O4S/c7-8-5-1-3-6(4-2-5)9(10)11;1-5(2,3)4/h1-4H;(H2,1,2,3,4)/q+1;. The summed E-state index contributed by atoms with van der Waals surface area (Å²) in [6, 6.07) is 5.26. The molecule has 0 atom stereocenters. The minimum absolute atomic E-state index is 0.0163. The van der Waals surface area contributed by atoms with Crippen LogP contribution in [-0.2, 0) is 10.4 Å². The predicted molar refractivity (Wildman–Crippen MR) is 52.0 cm³/mol. The van der Waals surface area contributed by atoms with Crippen molar-refractivity contribution in [3.05, 3.63) is 39.4 Å². The molecule has 10 heteroatoms. The highest BCUT2D eigenvalue weighted by Gasteiger charge is 2.08. The molecule has 0 aromatic heterocycles. The number of non-ortho nitro benzene ring substituents is 1. The molecule has 0 radical (unpaired) electrons. The Bertz CT molecular complexity index is 494. The monoisotopic (exact) mass is 248 g/mol. The predicted octanol–water partition coefficient (Wildman–Crippen LogP) is 1.43. The van der Waals surface area contributed by atoms with E-state index in [4.69, 9.17) is 22.9 Å². The van der Waals surface area contributed by atoms with Crippen LogP contribution in [0.4, 0.5) is 11.4 Å². The van der Waals surface area contributed by atoms with Crippen LogP contribution in [0.2, 0.25) is 0 Å². The van der Waals surface area contributed by atoms with Crippen LogP contribution < -0.4 is 0 Å². The topological polar surface area (TPSA) is 146 Å². The number of hydrogen-bond acceptors (Lipinski definition) is 5. The molecule has 0 saturated carbocycles. The van der Waals surface area contributed by atoms with Crippen LogP contribution in [-0.4, -0.2) is 22.4 Å². The van der Waals surface area contributed by atoms with E-state index >= 15 is 0 Å². The number of diazo groups is 1. The second kappa shape index (κ2) is 5.71. The molecule has 0 aliphatic rings. The number of nitro groups is 1. The largest absolute Gasteiger partial charge is 0.394 e. The van der Waals surface area contributed by atoms with Crippen molar-refractivity contribution in [3.8, 4) is 0 Å². The number of hydrogen-bond donors (Lipinski definition) is 2. The van der Waals surface area contributed by atoms with Gasteiger partial charge in [-0.05, 0) is 0 Å². The van der Waals surface area contributed by atoms with E-state index < -0.39 is 15.3 Å². The van der Waals surface area contributed by atoms with Crippen LogP contribution in [0.15, 0.2) is 24.3 Å². The fraction of sp³-hybridized carbons (Fsp3) is 0. The Labute approximate surface area is 89.7 Å². The van der Waals surface area contributed by atoms with Crippen molar-refractivity contribution in [1.29, 1.82) is 5.39 Å². The fourth-order valence-corrected chi connectivity index (χ4v) is 0.641. The van der Waals surface area contributed by atoms with Crippen molar-refractivity contribution < 1.29 is 22.4 Å². The first kappa shape index (κ1) is 13.9. The molecule has 1 aromatic carbocycles. The molecule has 0 aliphatic heterocycles. The number of nitrogens with zero attached hydrogens (tertiary/aromatic N) is 3. The molecule has 0 saturated heterocycles. The minimum atomic E-state index is -4.67. The maximum atomic E-state index is 10.1. The molecular weight excluding hydrogens is 242 g/mol. The highest BCUT2D eigenvalue weighted by Crippen LogP contribution is 2.16. The maximum absolute atomic E-state index is 10.1. The smallest absolute Gasteiger partial charge is 0.264 e. The quantitative estimate of drug-likeness (QED) is 0.330. The maximum Gasteiger partial charge on any atom is 0.394 e. The third-order valence-electron chi connectivity index (χ3n) is 1.18. The summed E-state index contributed by atoms with van der Waals surface area (Å²) in [4.78, 5) is 12.4. The zero-order valence-corrected chi connectivity index (χ0v) is 8.40. The summed E-state index contributed by atoms with van der Waals surface area (Å²) in [7, 11) is -4.67. The summed E-state index contributed by atoms with van der Waals surface area (Å²) in [5.41, 5.74) is 0.285. The van der Waals surface area contributed by atoms with E-state index in [0.29, 0.717) is 5.69 Å². The van der Waals surface area contributed by atoms with E-state index in [1.54, 1.807) is 0 Å². The molecule has 0 amide bonds. The van der Waals surface area contributed by atoms with Crippen molar-refractivity contribution in [3.63, 3.8) is 0 Å². The van der Waals surface area contributed by atoms with E-state index in [-0.39, 0.29) is 5.69 Å². The molecule has 16 heavy (non-hydrogen) atoms. The summed E-state index contributed by atoms with van der Waals surface area (Å²) in [6.07, 6.45) is 0. The summed E-state index contributed by atoms with van der Waals surface area (Å²) in [5, 5.41) is 18.3. The molecule has 0 aliphatic carbocycles. The average molecular weight is 248 g/mol. The number of benzene rings is 1. The summed E-state index contributed by atoms with van der Waals surface area (Å²) < 4.78 is 31.6. The van der Waals surface area contributed by atoms with Crippen LogP contribution in [0.3, 0.4) is 0 Å². The van der Waals surface area contributed by atoms with Crippen LogP contribution in [0.1, 0.15) is 0 Å². The van der Waals surface area contributed by atoms with Gasteiger partial charge in [0.1, 0.15) is 0 Å². The molecule has 1 aromatic rings. The summed E-state index contributed by atoms with van der Waals surface area (Å²) >= 11 is 0. The molecule has 0 unspecified atom stereocenters. The van der Waals surface area contributed by atoms with Gasteiger partial charge in [0.05, 0.1) is 4.92 Å². The van der Waals surface area contributed by atoms with E-state index in [0.717, 1.165) is 0 Å². The van der Waals surface area contributed by atoms with Gasteiger partial charge in [0.2, 0.25) is 5.39 Å². The van der Waals surface area contributed by atoms with Crippen molar-refractivity contribution in [1.82, 2.24) is 0 Å². The molecule has 1 rings (SSSR count). The third-order valence-corrected chi connectivity index (χ3v) is 1.18. The second-order valence-corrected chi connectivity index (χ2v) is 3.22. The zero-order valence-electron chi connectivity index (χ0n) is 7.59. The summed E-state index contributed by atoms with van der Waals surface area (Å²) in [5.74, 6) is 0. The van der Waals surface area contributed by atoms with Gasteiger partial charge in [0.15, 0.2) is 4.98 Å². The zero-order chi connectivity index (χ0) is 12.8. The van der Waals surface area contributed by atoms with E-state index in [9.17, 15) is 10.1 Å². The first-order chi connectivity index (χ1) is 7.24. The van der Waals surface area contributed by atoms with Gasteiger partial charge in [0.25, 0.3) is 5.69 Å². The Kier molecular flexibility index (Phi) is 4.96. The van der Waals surface area contributed by atoms with Gasteiger partial charge in [0, 0.05) is 24.3 Å². The van der Waals surface area contributed by atoms with Crippen LogP contribution in [0, 0.1) is 15.5 Å². The minimum Gasteiger partial charge on any atom is -0.264 e. The lowest BCUT2D eigenvalue weighted by Crippen LogP contribution is -1.89. The van der Waals surface area contributed by atoms with E-state index in [2.05, 4.69) is 4.98 Å². The SMILES string of the molecule is N#[N+]c1ccc([N+](=O)[O-])cc1.O=S(=O)(O)O. The van der Waals surface area contributed by atoms with E-state index in [1.165, 1.54) is 24.3 Å². The van der Waals surface area contributed by atoms with Crippen LogP contribution in [0.25, 0.3) is 4.98 Å². The Hall–Kier alpha value is -2.09. The van der Waals surface area contributed by atoms with Gasteiger partial charge >= 0.3 is 16.1 Å². The molecule has 0 fully saturated rings. The number of rotatable bonds is 1. The van der Waals surface area contributed by atoms with Gasteiger partial charge in [-0.3, -0.25) is 19.2 Å². The second-order valence-electron chi connectivity index (χ2n) is 2.32. The Morgan fingerprint density at radius 1 is 1.25 bits per heavy atom. The molecular formula is C6H6N3O6S+. The lowest BCUT2D eigenvalue weighted by Gasteiger charge is -1.84. The lowest BCUT2D eigenvalue weighted by molar-refractivity contribution is -0.384. The first-order valence-corrected chi connectivity index (χ1v) is 4.93. The molecule has 0 spiro atoms. The lowest BCUT2D eigenvalue weighted by atomic mass is 10.3. The van der Waals surface area contributed by atoms with Gasteiger partial charge in [-0.1, -0.05) is 0 Å². The van der Waals surface area contributed by atoms with Crippen molar-refractivity contribution in [2.24, 2.45) is 0 Å². The molecule has 2 N–H and O–H groups in total. The van der Waals surface area contributed by atoms with Crippen LogP contribution in [0.5, 0.6) is 0 Å². The van der Waals surface area contributed by atoms with Crippen molar-refractivity contribution >= 4 is 21.8 Å². The molecule has 0 bridgehead atoms. The number of nitro benzene ring substituents is 1. The Morgan fingerprint density at radius 3 is 1.88 bits per heavy atom. The Morgan fingerprint density at radius 2 is 1.62 bits per heavy atom. The van der Waals surface area contributed by atoms with Gasteiger partial charge in [-0.2, -0.15) is 8.42 Å². The first-order valence-electron chi connectivity index (χ1n) is 3.53. The van der Waals surface area contributed by atoms with E-state index in [1.807, 2.05) is 0 Å². The van der Waals surface area contributed by atoms with Crippen molar-refractivity contribution in [2.75, 3.05) is 0 Å². The molecule has 0 heterocycles. The third kappa shape index (κ3) is 7.33. The van der Waals surface area contributed by atoms with Crippen molar-refractivity contribution in [2.45, 2.75) is 0 Å². The van der Waals surface area contributed by atoms with Gasteiger partial charge in [-0.25, -0.2) is 0 Å². The van der Waals surface area contributed by atoms with Gasteiger partial charge in [-0.15, -0.1) is 0 Å².